The van der Waals surface area contributed by atoms with Crippen LogP contribution in [0.2, 0.25) is 0 Å². The Morgan fingerprint density at radius 1 is 1.32 bits per heavy atom. The van der Waals surface area contributed by atoms with E-state index in [1.807, 2.05) is 18.7 Å². The van der Waals surface area contributed by atoms with Gasteiger partial charge >= 0.3 is 5.97 Å². The van der Waals surface area contributed by atoms with Crippen LogP contribution >= 0.6 is 11.3 Å². The highest BCUT2D eigenvalue weighted by Gasteiger charge is 2.20. The first-order valence-corrected chi connectivity index (χ1v) is 10.3. The molecule has 0 aliphatic rings. The van der Waals surface area contributed by atoms with Crippen LogP contribution in [0, 0.1) is 0 Å². The third-order valence-corrected chi connectivity index (χ3v) is 6.17. The zero-order chi connectivity index (χ0) is 18.4. The highest BCUT2D eigenvalue weighted by atomic mass is 32.2. The minimum absolute atomic E-state index is 0.0201. The number of carbonyl (C=O) groups is 1. The Balaban J connectivity index is 2.37. The number of pyridine rings is 1. The Bertz CT molecular complexity index is 814. The van der Waals surface area contributed by atoms with Gasteiger partial charge in [0.05, 0.1) is 11.9 Å². The lowest BCUT2D eigenvalue weighted by Gasteiger charge is -2.24. The van der Waals surface area contributed by atoms with Crippen LogP contribution in [0.4, 0.5) is 11.5 Å². The number of nitrogens with zero attached hydrogens (tertiary/aromatic N) is 2. The van der Waals surface area contributed by atoms with E-state index >= 15 is 0 Å². The molecule has 2 aromatic rings. The molecule has 0 aromatic carbocycles. The van der Waals surface area contributed by atoms with E-state index in [2.05, 4.69) is 9.71 Å². The van der Waals surface area contributed by atoms with Gasteiger partial charge in [0.2, 0.25) is 0 Å². The maximum absolute atomic E-state index is 12.3. The highest BCUT2D eigenvalue weighted by molar-refractivity contribution is 7.94. The number of carboxylic acids is 1. The Kier molecular flexibility index (Phi) is 6.38. The van der Waals surface area contributed by atoms with Gasteiger partial charge in [-0.25, -0.2) is 18.2 Å². The molecule has 0 bridgehead atoms. The normalized spacial score (nSPS) is 11.3. The summed E-state index contributed by atoms with van der Waals surface area (Å²) in [5, 5.41) is 11.2. The number of rotatable bonds is 9. The predicted molar refractivity (Wildman–Crippen MR) is 99.1 cm³/mol. The van der Waals surface area contributed by atoms with Crippen LogP contribution in [0.3, 0.4) is 0 Å². The Labute approximate surface area is 151 Å². The number of aromatic nitrogens is 1. The average Bonchev–Trinajstić information content (AvgIpc) is 3.10. The van der Waals surface area contributed by atoms with E-state index in [0.29, 0.717) is 18.9 Å². The zero-order valence-electron chi connectivity index (χ0n) is 14.1. The van der Waals surface area contributed by atoms with Crippen molar-refractivity contribution in [1.29, 1.82) is 0 Å². The molecule has 136 valence electrons. The van der Waals surface area contributed by atoms with Crippen LogP contribution in [-0.4, -0.2) is 37.6 Å². The third-order valence-electron chi connectivity index (χ3n) is 3.40. The van der Waals surface area contributed by atoms with Crippen LogP contribution in [0.5, 0.6) is 0 Å². The van der Waals surface area contributed by atoms with Gasteiger partial charge in [-0.2, -0.15) is 0 Å². The third kappa shape index (κ3) is 4.70. The van der Waals surface area contributed by atoms with Gasteiger partial charge in [0.1, 0.15) is 15.6 Å². The number of hydrogen-bond acceptors (Lipinski definition) is 6. The molecule has 2 aromatic heterocycles. The molecule has 25 heavy (non-hydrogen) atoms. The van der Waals surface area contributed by atoms with Crippen molar-refractivity contribution in [3.8, 4) is 0 Å². The molecule has 0 unspecified atom stereocenters. The molecule has 0 radical (unpaired) electrons. The second-order valence-electron chi connectivity index (χ2n) is 5.42. The van der Waals surface area contributed by atoms with Crippen molar-refractivity contribution in [2.24, 2.45) is 0 Å². The number of sulfonamides is 1. The molecule has 0 saturated heterocycles. The van der Waals surface area contributed by atoms with Crippen LogP contribution < -0.4 is 9.62 Å². The number of anilines is 2. The van der Waals surface area contributed by atoms with E-state index in [0.717, 1.165) is 24.2 Å². The summed E-state index contributed by atoms with van der Waals surface area (Å²) in [4.78, 5) is 17.8. The molecule has 0 spiro atoms. The van der Waals surface area contributed by atoms with Crippen molar-refractivity contribution < 1.29 is 18.3 Å². The summed E-state index contributed by atoms with van der Waals surface area (Å²) in [6.07, 6.45) is 3.06. The van der Waals surface area contributed by atoms with Gasteiger partial charge in [0.15, 0.2) is 0 Å². The average molecular weight is 383 g/mol. The van der Waals surface area contributed by atoms with Crippen molar-refractivity contribution >= 4 is 38.8 Å². The van der Waals surface area contributed by atoms with E-state index in [1.54, 1.807) is 11.4 Å². The van der Waals surface area contributed by atoms with Gasteiger partial charge in [0.25, 0.3) is 10.0 Å². The van der Waals surface area contributed by atoms with Crippen LogP contribution in [0.1, 0.15) is 37.0 Å². The summed E-state index contributed by atoms with van der Waals surface area (Å²) in [5.74, 6) is -0.785. The Morgan fingerprint density at radius 2 is 2.00 bits per heavy atom. The Morgan fingerprint density at radius 3 is 2.52 bits per heavy atom. The molecule has 0 fully saturated rings. The summed E-state index contributed by atoms with van der Waals surface area (Å²) in [6, 6.07) is 4.43. The molecule has 0 atom stereocenters. The van der Waals surface area contributed by atoms with E-state index in [4.69, 9.17) is 0 Å². The number of hydrogen-bond donors (Lipinski definition) is 2. The number of aromatic carboxylic acids is 1. The van der Waals surface area contributed by atoms with Crippen LogP contribution in [-0.2, 0) is 10.0 Å². The predicted octanol–water partition coefficient (Wildman–Crippen LogP) is 3.27. The quantitative estimate of drug-likeness (QED) is 0.689. The minimum atomic E-state index is -3.74. The molecule has 7 nitrogen and oxygen atoms in total. The summed E-state index contributed by atoms with van der Waals surface area (Å²) >= 11 is 1.09. The van der Waals surface area contributed by atoms with Crippen molar-refractivity contribution in [1.82, 2.24) is 4.98 Å². The van der Waals surface area contributed by atoms with E-state index in [1.165, 1.54) is 18.3 Å². The van der Waals surface area contributed by atoms with Crippen LogP contribution in [0.15, 0.2) is 34.0 Å². The van der Waals surface area contributed by atoms with Crippen molar-refractivity contribution in [2.45, 2.75) is 30.9 Å². The van der Waals surface area contributed by atoms with Gasteiger partial charge < -0.3 is 10.0 Å². The standard InChI is InChI=1S/C16H21N3O4S2/c1-3-7-19(8-4-2)15-13(16(20)21)10-12(11-17-15)18-25(22,23)14-6-5-9-24-14/h5-6,9-11,18H,3-4,7-8H2,1-2H3,(H,20,21). The largest absolute Gasteiger partial charge is 0.478 e. The SMILES string of the molecule is CCCN(CCC)c1ncc(NS(=O)(=O)c2cccs2)cc1C(=O)O. The summed E-state index contributed by atoms with van der Waals surface area (Å²) < 4.78 is 27.1. The fourth-order valence-corrected chi connectivity index (χ4v) is 4.44. The summed E-state index contributed by atoms with van der Waals surface area (Å²) in [7, 11) is -3.74. The molecule has 0 aliphatic carbocycles. The second-order valence-corrected chi connectivity index (χ2v) is 8.28. The molecular weight excluding hydrogens is 362 g/mol. The lowest BCUT2D eigenvalue weighted by Crippen LogP contribution is -2.28. The first-order valence-electron chi connectivity index (χ1n) is 7.93. The topological polar surface area (TPSA) is 99.6 Å². The van der Waals surface area contributed by atoms with Crippen molar-refractivity contribution in [3.63, 3.8) is 0 Å². The van der Waals surface area contributed by atoms with Gasteiger partial charge in [-0.05, 0) is 30.4 Å². The van der Waals surface area contributed by atoms with Gasteiger partial charge in [-0.15, -0.1) is 11.3 Å². The molecule has 2 rings (SSSR count). The summed E-state index contributed by atoms with van der Waals surface area (Å²) in [6.45, 7) is 5.38. The Hall–Kier alpha value is -2.13. The fraction of sp³-hybridized carbons (Fsp3) is 0.375. The highest BCUT2D eigenvalue weighted by Crippen LogP contribution is 2.25. The number of carboxylic acid groups (broad SMARTS) is 1. The van der Waals surface area contributed by atoms with E-state index in [-0.39, 0.29) is 15.5 Å². The second kappa shape index (κ2) is 8.30. The molecule has 9 heteroatoms. The molecule has 0 aliphatic heterocycles. The smallest absolute Gasteiger partial charge is 0.339 e. The van der Waals surface area contributed by atoms with Gasteiger partial charge in [-0.1, -0.05) is 19.9 Å². The fourth-order valence-electron chi connectivity index (χ4n) is 2.41. The molecule has 0 amide bonds. The molecule has 2 heterocycles. The first-order chi connectivity index (χ1) is 11.9. The first kappa shape index (κ1) is 19.2. The van der Waals surface area contributed by atoms with E-state index in [9.17, 15) is 18.3 Å². The monoisotopic (exact) mass is 383 g/mol. The van der Waals surface area contributed by atoms with Gasteiger partial charge in [0, 0.05) is 13.1 Å². The lowest BCUT2D eigenvalue weighted by molar-refractivity contribution is 0.0697. The number of thiophene rings is 1. The lowest BCUT2D eigenvalue weighted by atomic mass is 10.2. The summed E-state index contributed by atoms with van der Waals surface area (Å²) in [5.41, 5.74) is 0.107. The van der Waals surface area contributed by atoms with Crippen LogP contribution in [0.25, 0.3) is 0 Å². The molecular formula is C16H21N3O4S2. The zero-order valence-corrected chi connectivity index (χ0v) is 15.7. The maximum atomic E-state index is 12.3. The number of nitrogens with one attached hydrogen (secondary N) is 1. The molecule has 2 N–H and O–H groups in total. The van der Waals surface area contributed by atoms with Gasteiger partial charge in [-0.3, -0.25) is 4.72 Å². The van der Waals surface area contributed by atoms with E-state index < -0.39 is 16.0 Å². The van der Waals surface area contributed by atoms with Crippen molar-refractivity contribution in [3.05, 3.63) is 35.3 Å². The minimum Gasteiger partial charge on any atom is -0.478 e. The molecule has 0 saturated carbocycles. The maximum Gasteiger partial charge on any atom is 0.339 e. The van der Waals surface area contributed by atoms with Crippen molar-refractivity contribution in [2.75, 3.05) is 22.7 Å².